The van der Waals surface area contributed by atoms with Crippen LogP contribution in [0.3, 0.4) is 0 Å². The van der Waals surface area contributed by atoms with Crippen molar-refractivity contribution in [3.05, 3.63) is 0 Å². The SMILES string of the molecule is CCNC(=O)CC(CN)N1CCCC(C)C1C. The summed E-state index contributed by atoms with van der Waals surface area (Å²) in [4.78, 5) is 14.1. The molecule has 0 saturated carbocycles. The molecule has 1 aliphatic rings. The predicted molar refractivity (Wildman–Crippen MR) is 70.7 cm³/mol. The number of hydrogen-bond donors (Lipinski definition) is 2. The van der Waals surface area contributed by atoms with Gasteiger partial charge in [0, 0.05) is 31.6 Å². The van der Waals surface area contributed by atoms with Gasteiger partial charge in [0.1, 0.15) is 0 Å². The molecule has 17 heavy (non-hydrogen) atoms. The minimum absolute atomic E-state index is 0.119. The van der Waals surface area contributed by atoms with Gasteiger partial charge in [-0.15, -0.1) is 0 Å². The highest BCUT2D eigenvalue weighted by Gasteiger charge is 2.30. The average Bonchev–Trinajstić information content (AvgIpc) is 2.30. The lowest BCUT2D eigenvalue weighted by Crippen LogP contribution is -2.52. The quantitative estimate of drug-likeness (QED) is 0.754. The number of rotatable bonds is 5. The van der Waals surface area contributed by atoms with Crippen molar-refractivity contribution >= 4 is 5.91 Å². The fourth-order valence-electron chi connectivity index (χ4n) is 2.70. The molecule has 0 bridgehead atoms. The minimum atomic E-state index is 0.119. The zero-order chi connectivity index (χ0) is 12.8. The molecule has 1 rings (SSSR count). The van der Waals surface area contributed by atoms with E-state index in [9.17, 15) is 4.79 Å². The Morgan fingerprint density at radius 1 is 1.53 bits per heavy atom. The predicted octanol–water partition coefficient (Wildman–Crippen LogP) is 0.960. The summed E-state index contributed by atoms with van der Waals surface area (Å²) >= 11 is 0. The van der Waals surface area contributed by atoms with Crippen LogP contribution in [-0.4, -0.2) is 42.5 Å². The van der Waals surface area contributed by atoms with Gasteiger partial charge in [0.05, 0.1) is 0 Å². The van der Waals surface area contributed by atoms with Crippen molar-refractivity contribution in [1.29, 1.82) is 0 Å². The van der Waals surface area contributed by atoms with Crippen molar-refractivity contribution in [2.45, 2.75) is 52.1 Å². The molecule has 0 aromatic rings. The fraction of sp³-hybridized carbons (Fsp3) is 0.923. The summed E-state index contributed by atoms with van der Waals surface area (Å²) in [6, 6.07) is 0.728. The smallest absolute Gasteiger partial charge is 0.221 e. The Hall–Kier alpha value is -0.610. The Balaban J connectivity index is 2.56. The normalized spacial score (nSPS) is 27.8. The monoisotopic (exact) mass is 241 g/mol. The van der Waals surface area contributed by atoms with E-state index in [2.05, 4.69) is 24.1 Å². The summed E-state index contributed by atoms with van der Waals surface area (Å²) in [5.74, 6) is 0.820. The lowest BCUT2D eigenvalue weighted by atomic mass is 9.90. The third-order valence-electron chi connectivity index (χ3n) is 3.96. The maximum atomic E-state index is 11.6. The van der Waals surface area contributed by atoms with Crippen molar-refractivity contribution < 1.29 is 4.79 Å². The number of piperidine rings is 1. The summed E-state index contributed by atoms with van der Waals surface area (Å²) in [5, 5.41) is 2.85. The van der Waals surface area contributed by atoms with E-state index < -0.39 is 0 Å². The van der Waals surface area contributed by atoms with Crippen LogP contribution >= 0.6 is 0 Å². The number of carbonyl (C=O) groups is 1. The molecular weight excluding hydrogens is 214 g/mol. The largest absolute Gasteiger partial charge is 0.356 e. The molecule has 1 amide bonds. The van der Waals surface area contributed by atoms with Gasteiger partial charge in [0.15, 0.2) is 0 Å². The second-order valence-electron chi connectivity index (χ2n) is 5.15. The fourth-order valence-corrected chi connectivity index (χ4v) is 2.70. The summed E-state index contributed by atoms with van der Waals surface area (Å²) in [7, 11) is 0. The van der Waals surface area contributed by atoms with Gasteiger partial charge in [-0.3, -0.25) is 9.69 Å². The molecule has 3 atom stereocenters. The highest BCUT2D eigenvalue weighted by Crippen LogP contribution is 2.25. The van der Waals surface area contributed by atoms with Crippen LogP contribution < -0.4 is 11.1 Å². The zero-order valence-electron chi connectivity index (χ0n) is 11.4. The molecule has 1 saturated heterocycles. The van der Waals surface area contributed by atoms with Gasteiger partial charge in [-0.05, 0) is 39.2 Å². The van der Waals surface area contributed by atoms with Gasteiger partial charge < -0.3 is 11.1 Å². The molecule has 4 heteroatoms. The Kier molecular flexibility index (Phi) is 5.92. The first-order chi connectivity index (χ1) is 8.10. The number of carbonyl (C=O) groups excluding carboxylic acids is 1. The van der Waals surface area contributed by atoms with E-state index in [-0.39, 0.29) is 11.9 Å². The van der Waals surface area contributed by atoms with Gasteiger partial charge in [-0.25, -0.2) is 0 Å². The Morgan fingerprint density at radius 3 is 2.82 bits per heavy atom. The third kappa shape index (κ3) is 3.96. The van der Waals surface area contributed by atoms with E-state index >= 15 is 0 Å². The van der Waals surface area contributed by atoms with Crippen molar-refractivity contribution in [1.82, 2.24) is 10.2 Å². The molecule has 3 unspecified atom stereocenters. The molecule has 1 fully saturated rings. The first kappa shape index (κ1) is 14.5. The number of nitrogens with one attached hydrogen (secondary N) is 1. The van der Waals surface area contributed by atoms with E-state index in [0.717, 1.165) is 6.54 Å². The van der Waals surface area contributed by atoms with E-state index in [1.165, 1.54) is 12.8 Å². The van der Waals surface area contributed by atoms with Crippen LogP contribution in [-0.2, 0) is 4.79 Å². The van der Waals surface area contributed by atoms with Crippen LogP contribution in [0.15, 0.2) is 0 Å². The second-order valence-corrected chi connectivity index (χ2v) is 5.15. The zero-order valence-corrected chi connectivity index (χ0v) is 11.4. The lowest BCUT2D eigenvalue weighted by molar-refractivity contribution is -0.122. The van der Waals surface area contributed by atoms with Gasteiger partial charge in [0.2, 0.25) is 5.91 Å². The van der Waals surface area contributed by atoms with E-state index in [1.54, 1.807) is 0 Å². The van der Waals surface area contributed by atoms with Crippen LogP contribution in [0.2, 0.25) is 0 Å². The molecular formula is C13H27N3O. The Morgan fingerprint density at radius 2 is 2.24 bits per heavy atom. The molecule has 0 aliphatic carbocycles. The Bertz CT molecular complexity index is 245. The first-order valence-electron chi connectivity index (χ1n) is 6.82. The van der Waals surface area contributed by atoms with Crippen LogP contribution in [0.5, 0.6) is 0 Å². The molecule has 0 radical (unpaired) electrons. The molecule has 0 aromatic heterocycles. The van der Waals surface area contributed by atoms with Crippen LogP contribution in [0.4, 0.5) is 0 Å². The summed E-state index contributed by atoms with van der Waals surface area (Å²) in [6.45, 7) is 8.82. The van der Waals surface area contributed by atoms with Gasteiger partial charge in [-0.2, -0.15) is 0 Å². The van der Waals surface area contributed by atoms with Gasteiger partial charge in [0.25, 0.3) is 0 Å². The standard InChI is InChI=1S/C13H27N3O/c1-4-15-13(17)8-12(9-14)16-7-5-6-10(2)11(16)3/h10-12H,4-9,14H2,1-3H3,(H,15,17). The molecule has 4 nitrogen and oxygen atoms in total. The van der Waals surface area contributed by atoms with Crippen molar-refractivity contribution in [2.75, 3.05) is 19.6 Å². The lowest BCUT2D eigenvalue weighted by Gasteiger charge is -2.42. The number of nitrogens with two attached hydrogens (primary N) is 1. The molecule has 3 N–H and O–H groups in total. The molecule has 1 aliphatic heterocycles. The maximum absolute atomic E-state index is 11.6. The average molecular weight is 241 g/mol. The van der Waals surface area contributed by atoms with Crippen molar-refractivity contribution in [3.8, 4) is 0 Å². The summed E-state index contributed by atoms with van der Waals surface area (Å²) < 4.78 is 0. The van der Waals surface area contributed by atoms with E-state index in [1.807, 2.05) is 6.92 Å². The number of likely N-dealkylation sites (tertiary alicyclic amines) is 1. The molecule has 1 heterocycles. The van der Waals surface area contributed by atoms with Gasteiger partial charge in [-0.1, -0.05) is 6.92 Å². The minimum Gasteiger partial charge on any atom is -0.356 e. The van der Waals surface area contributed by atoms with Crippen LogP contribution in [0.1, 0.15) is 40.0 Å². The maximum Gasteiger partial charge on any atom is 0.221 e. The van der Waals surface area contributed by atoms with Crippen molar-refractivity contribution in [2.24, 2.45) is 11.7 Å². The summed E-state index contributed by atoms with van der Waals surface area (Å²) in [6.07, 6.45) is 3.04. The first-order valence-corrected chi connectivity index (χ1v) is 6.82. The molecule has 100 valence electrons. The number of amides is 1. The van der Waals surface area contributed by atoms with E-state index in [4.69, 9.17) is 5.73 Å². The van der Waals surface area contributed by atoms with Gasteiger partial charge >= 0.3 is 0 Å². The number of nitrogens with zero attached hydrogens (tertiary/aromatic N) is 1. The highest BCUT2D eigenvalue weighted by atomic mass is 16.1. The van der Waals surface area contributed by atoms with Crippen LogP contribution in [0, 0.1) is 5.92 Å². The number of hydrogen-bond acceptors (Lipinski definition) is 3. The van der Waals surface area contributed by atoms with Crippen molar-refractivity contribution in [3.63, 3.8) is 0 Å². The highest BCUT2D eigenvalue weighted by molar-refractivity contribution is 5.76. The Labute approximate surface area is 105 Å². The summed E-state index contributed by atoms with van der Waals surface area (Å²) in [5.41, 5.74) is 5.83. The topological polar surface area (TPSA) is 58.4 Å². The second kappa shape index (κ2) is 6.97. The van der Waals surface area contributed by atoms with Crippen LogP contribution in [0.25, 0.3) is 0 Å². The van der Waals surface area contributed by atoms with E-state index in [0.29, 0.717) is 31.5 Å². The third-order valence-corrected chi connectivity index (χ3v) is 3.96. The molecule has 0 aromatic carbocycles. The molecule has 0 spiro atoms.